The number of aliphatic hydroxyl groups is 22. The highest BCUT2D eigenvalue weighted by Crippen LogP contribution is 2.41. The molecule has 0 aliphatic carbocycles. The zero-order valence-corrected chi connectivity index (χ0v) is 78.2. The van der Waals surface area contributed by atoms with E-state index >= 15 is 0 Å². The topological polar surface area (TPSA) is 680 Å². The molecule has 8 heterocycles. The summed E-state index contributed by atoms with van der Waals surface area (Å²) in [5.41, 5.74) is 0. The van der Waals surface area contributed by atoms with Crippen LogP contribution in [0.5, 0.6) is 0 Å². The van der Waals surface area contributed by atoms with Crippen LogP contribution >= 0.6 is 0 Å². The van der Waals surface area contributed by atoms with Gasteiger partial charge in [-0.15, -0.1) is 0 Å². The minimum absolute atomic E-state index is 0.142. The third-order valence-corrected chi connectivity index (χ3v) is 26.4. The van der Waals surface area contributed by atoms with Crippen LogP contribution in [-0.4, -0.2) is 434 Å². The lowest BCUT2D eigenvalue weighted by atomic mass is 9.93. The van der Waals surface area contributed by atoms with E-state index in [1.165, 1.54) is 129 Å². The molecule has 782 valence electrons. The van der Waals surface area contributed by atoms with Crippen molar-refractivity contribution < 1.29 is 203 Å². The molecule has 16 unspecified atom stereocenters. The lowest BCUT2D eigenvalue weighted by molar-refractivity contribution is -0.400. The maximum Gasteiger partial charge on any atom is 0.220 e. The Kier molecular flexibility index (Phi) is 51.6. The zero-order chi connectivity index (χ0) is 98.0. The van der Waals surface area contributed by atoms with E-state index in [0.717, 1.165) is 71.6 Å². The Bertz CT molecular complexity index is 3270. The van der Waals surface area contributed by atoms with Gasteiger partial charge in [0.05, 0.1) is 70.6 Å². The van der Waals surface area contributed by atoms with E-state index in [9.17, 15) is 127 Å². The Hall–Kier alpha value is -3.37. The lowest BCUT2D eigenvalue weighted by Gasteiger charge is -2.52. The number of allylic oxidation sites excluding steroid dienone is 1. The van der Waals surface area contributed by atoms with Crippen LogP contribution in [0, 0.1) is 0 Å². The molecule has 0 bridgehead atoms. The molecule has 44 nitrogen and oxygen atoms in total. The Morgan fingerprint density at radius 2 is 0.597 bits per heavy atom. The largest absolute Gasteiger partial charge is 0.394 e. The first-order valence-corrected chi connectivity index (χ1v) is 48.7. The second kappa shape index (κ2) is 59.6. The zero-order valence-electron chi connectivity index (χ0n) is 78.2. The fraction of sp³-hybridized carbons (Fsp3) is 0.944. The second-order valence-electron chi connectivity index (χ2n) is 36.9. The van der Waals surface area contributed by atoms with Crippen molar-refractivity contribution in [3.8, 4) is 0 Å². The summed E-state index contributed by atoms with van der Waals surface area (Å²) in [5.74, 6) is -2.30. The number of nitrogens with one attached hydrogen (secondary N) is 3. The highest BCUT2D eigenvalue weighted by atomic mass is 16.8. The number of carbonyl (C=O) groups is 3. The molecule has 0 spiro atoms. The van der Waals surface area contributed by atoms with E-state index in [4.69, 9.17) is 75.8 Å². The van der Waals surface area contributed by atoms with Gasteiger partial charge in [-0.1, -0.05) is 193 Å². The quantitative estimate of drug-likeness (QED) is 0.0204. The Balaban J connectivity index is 0.994. The van der Waals surface area contributed by atoms with Crippen LogP contribution in [0.25, 0.3) is 0 Å². The molecule has 0 radical (unpaired) electrons. The first kappa shape index (κ1) is 116. The predicted molar refractivity (Wildman–Crippen MR) is 465 cm³/mol. The van der Waals surface area contributed by atoms with Crippen LogP contribution in [-0.2, 0) is 90.2 Å². The van der Waals surface area contributed by atoms with Gasteiger partial charge in [-0.25, -0.2) is 0 Å². The van der Waals surface area contributed by atoms with E-state index in [0.29, 0.717) is 12.8 Å². The van der Waals surface area contributed by atoms with Gasteiger partial charge in [-0.3, -0.25) is 14.4 Å². The molecule has 8 rings (SSSR count). The van der Waals surface area contributed by atoms with Crippen molar-refractivity contribution in [2.24, 2.45) is 0 Å². The average molecular weight is 1940 g/mol. The SMILES string of the molecule is CCCCCCCCCCCCC/C=C/[C@@H](O)[C@H](CO[C@@H]1OC(CO)[C@@H](O[C@@H]2OC(CO)[C@H](O)[C@H](O[C@@H]3OC(CO)[C@@H](O[C@@H]4OC(CO)[C@H](O)[C@H](O[C@@H]5OC(CO)[C@@H](O[C@H]6OC(C)[C@@H](O)C(O)[C@@H]6O)[C@H](O[C@@H]6OC(CO)[C@H](O)[C@H](O)C6O)C5NC(C)=O)C4O)[C@H](O[C@H]4OC(C)[C@@H](O)C(O)[C@@H]4O)C3NC(C)=O)C2O)[C@H](O)C1O)NC(=O)CCCCCCCCCCCCCCCCCCC. The predicted octanol–water partition coefficient (Wildman–Crippen LogP) is -3.94. The minimum Gasteiger partial charge on any atom is -0.394 e. The van der Waals surface area contributed by atoms with E-state index in [2.05, 4.69) is 29.8 Å². The maximum absolute atomic E-state index is 13.7. The number of hydrogen-bond donors (Lipinski definition) is 25. The molecular weight excluding hydrogens is 1780 g/mol. The average Bonchev–Trinajstić information content (AvgIpc) is 0.757. The Morgan fingerprint density at radius 3 is 0.970 bits per heavy atom. The monoisotopic (exact) mass is 1940 g/mol. The maximum atomic E-state index is 13.7. The fourth-order valence-electron chi connectivity index (χ4n) is 18.3. The standard InChI is InChI=1S/C90H161N3O41/c1-7-9-11-13-15-17-19-21-22-23-24-26-28-30-32-34-36-38-58(103)93-50(51(102)37-35-33-31-29-27-25-20-18-16-14-12-10-8-2)45-119-85-73(116)69(112)76(55(42-97)127-85)128-89-74(117)81(64(107)53(40-95)123-89)133-83-59(91-48(5)100)79(131-87-71(114)67(110)62(105)47(4)121-87)78(57(44-99)126-83)130-90-75(118)82(65(108)54(41-96)124-90)134-84-60(92-49(6)101)80(132-88-72(115)68(111)63(106)52(39-94)122-88)77(56(43-98)125-84)129-86-70(113)66(109)61(104)46(3)120-86/h35,37,46-47,50-57,59-90,94-99,102,104-118H,7-34,36,38-45H2,1-6H3,(H,91,100)(H,92,101)(H,93,103)/b37-35+/t46?,47?,50-,51+,52?,53?,54?,55?,56?,57?,59?,60?,61+,62+,63-,64-,65-,66?,67?,68-,69+,70-,71-,72?,73?,74?,75?,76+,77+,78+,79+,80+,81-,82-,83-,84-,85+,86+,87+,88-,89-,90-/m0/s1. The van der Waals surface area contributed by atoms with E-state index in [1.807, 2.05) is 6.08 Å². The summed E-state index contributed by atoms with van der Waals surface area (Å²) in [5, 5.41) is 257. The first-order chi connectivity index (χ1) is 64.2. The summed E-state index contributed by atoms with van der Waals surface area (Å²) in [7, 11) is 0. The number of carbonyl (C=O) groups excluding carboxylic acids is 3. The van der Waals surface area contributed by atoms with Gasteiger partial charge in [0.1, 0.15) is 183 Å². The third-order valence-electron chi connectivity index (χ3n) is 26.4. The number of aliphatic hydroxyl groups excluding tert-OH is 22. The molecule has 25 N–H and O–H groups in total. The van der Waals surface area contributed by atoms with Crippen molar-refractivity contribution in [2.45, 2.75) is 492 Å². The second-order valence-corrected chi connectivity index (χ2v) is 36.9. The molecule has 8 saturated heterocycles. The molecule has 8 aliphatic heterocycles. The van der Waals surface area contributed by atoms with Crippen LogP contribution in [0.4, 0.5) is 0 Å². The molecule has 0 aromatic heterocycles. The van der Waals surface area contributed by atoms with Crippen molar-refractivity contribution in [3.05, 3.63) is 12.2 Å². The molecule has 8 fully saturated rings. The molecule has 3 amide bonds. The van der Waals surface area contributed by atoms with Gasteiger partial charge >= 0.3 is 0 Å². The lowest BCUT2D eigenvalue weighted by Crippen LogP contribution is -2.72. The summed E-state index contributed by atoms with van der Waals surface area (Å²) in [6.07, 6.45) is -41.0. The van der Waals surface area contributed by atoms with E-state index < -0.39 is 316 Å². The van der Waals surface area contributed by atoms with Crippen LogP contribution in [0.15, 0.2) is 12.2 Å². The number of unbranched alkanes of at least 4 members (excludes halogenated alkanes) is 27. The summed E-state index contributed by atoms with van der Waals surface area (Å²) in [4.78, 5) is 40.8. The van der Waals surface area contributed by atoms with Crippen molar-refractivity contribution >= 4 is 17.7 Å². The van der Waals surface area contributed by atoms with Gasteiger partial charge in [0.15, 0.2) is 50.3 Å². The molecule has 0 aromatic carbocycles. The summed E-state index contributed by atoms with van der Waals surface area (Å²) >= 11 is 0. The smallest absolute Gasteiger partial charge is 0.220 e. The third kappa shape index (κ3) is 33.1. The summed E-state index contributed by atoms with van der Waals surface area (Å²) in [6.45, 7) is 1.78. The summed E-state index contributed by atoms with van der Waals surface area (Å²) < 4.78 is 97.7. The molecule has 134 heavy (non-hydrogen) atoms. The van der Waals surface area contributed by atoms with Gasteiger partial charge in [0.25, 0.3) is 0 Å². The molecule has 0 aromatic rings. The van der Waals surface area contributed by atoms with Gasteiger partial charge in [-0.2, -0.15) is 0 Å². The van der Waals surface area contributed by atoms with Crippen molar-refractivity contribution in [3.63, 3.8) is 0 Å². The van der Waals surface area contributed by atoms with Crippen LogP contribution in [0.1, 0.15) is 234 Å². The highest BCUT2D eigenvalue weighted by molar-refractivity contribution is 5.76. The highest BCUT2D eigenvalue weighted by Gasteiger charge is 2.61. The molecule has 42 atom stereocenters. The van der Waals surface area contributed by atoms with Crippen molar-refractivity contribution in [1.82, 2.24) is 16.0 Å². The van der Waals surface area contributed by atoms with Gasteiger partial charge in [0, 0.05) is 20.3 Å². The Labute approximate surface area is 783 Å². The minimum atomic E-state index is -2.46. The fourth-order valence-corrected chi connectivity index (χ4v) is 18.3. The molecule has 8 aliphatic rings. The van der Waals surface area contributed by atoms with Crippen molar-refractivity contribution in [1.29, 1.82) is 0 Å². The Morgan fingerprint density at radius 1 is 0.306 bits per heavy atom. The number of rotatable bonds is 58. The number of ether oxygens (including phenoxy) is 16. The van der Waals surface area contributed by atoms with Gasteiger partial charge in [-0.05, 0) is 33.1 Å². The van der Waals surface area contributed by atoms with Gasteiger partial charge in [0.2, 0.25) is 17.7 Å². The van der Waals surface area contributed by atoms with Crippen LogP contribution < -0.4 is 16.0 Å². The van der Waals surface area contributed by atoms with Crippen LogP contribution in [0.2, 0.25) is 0 Å². The van der Waals surface area contributed by atoms with E-state index in [1.54, 1.807) is 6.08 Å². The van der Waals surface area contributed by atoms with Gasteiger partial charge < -0.3 is 204 Å². The van der Waals surface area contributed by atoms with Crippen molar-refractivity contribution in [2.75, 3.05) is 46.2 Å². The molecule has 0 saturated carbocycles. The number of amides is 3. The normalized spacial score (nSPS) is 40.0. The molecular formula is C90H161N3O41. The summed E-state index contributed by atoms with van der Waals surface area (Å²) in [6, 6.07) is -5.08. The van der Waals surface area contributed by atoms with E-state index in [-0.39, 0.29) is 12.3 Å². The van der Waals surface area contributed by atoms with Crippen LogP contribution in [0.3, 0.4) is 0 Å². The first-order valence-electron chi connectivity index (χ1n) is 48.7. The molecule has 44 heteroatoms. The number of hydrogen-bond acceptors (Lipinski definition) is 41.